The molecule has 0 bridgehead atoms. The molecule has 2 fully saturated rings. The Morgan fingerprint density at radius 2 is 1.73 bits per heavy atom. The van der Waals surface area contributed by atoms with E-state index in [1.807, 2.05) is 54.6 Å². The van der Waals surface area contributed by atoms with Crippen molar-refractivity contribution in [3.05, 3.63) is 101 Å². The summed E-state index contributed by atoms with van der Waals surface area (Å²) in [6.07, 6.45) is 0.262. The van der Waals surface area contributed by atoms with Crippen LogP contribution < -0.4 is 10.1 Å². The van der Waals surface area contributed by atoms with Crippen molar-refractivity contribution in [1.29, 1.82) is 0 Å². The van der Waals surface area contributed by atoms with E-state index < -0.39 is 6.10 Å². The Kier molecular flexibility index (Phi) is 7.99. The van der Waals surface area contributed by atoms with Crippen LogP contribution in [0.5, 0.6) is 5.75 Å². The summed E-state index contributed by atoms with van der Waals surface area (Å²) < 4.78 is 23.3. The number of para-hydroxylation sites is 1. The van der Waals surface area contributed by atoms with Gasteiger partial charge in [-0.15, -0.1) is 0 Å². The van der Waals surface area contributed by atoms with Gasteiger partial charge in [-0.3, -0.25) is 19.5 Å². The molecular formula is C35H35N3O6. The molecule has 7 rings (SSSR count). The van der Waals surface area contributed by atoms with Crippen LogP contribution in [0.4, 0.5) is 5.69 Å². The topological polar surface area (TPSA) is 99.2 Å². The molecule has 44 heavy (non-hydrogen) atoms. The number of fused-ring (bicyclic) bond motifs is 3. The van der Waals surface area contributed by atoms with E-state index in [1.54, 1.807) is 0 Å². The minimum absolute atomic E-state index is 0.172. The Morgan fingerprint density at radius 3 is 2.57 bits per heavy atom. The summed E-state index contributed by atoms with van der Waals surface area (Å²) in [6.45, 7) is 4.46. The highest BCUT2D eigenvalue weighted by Crippen LogP contribution is 2.33. The van der Waals surface area contributed by atoms with Crippen molar-refractivity contribution in [2.45, 2.75) is 50.7 Å². The predicted molar refractivity (Wildman–Crippen MR) is 165 cm³/mol. The molecule has 9 heteroatoms. The third-order valence-corrected chi connectivity index (χ3v) is 8.57. The van der Waals surface area contributed by atoms with Gasteiger partial charge in [-0.1, -0.05) is 54.6 Å². The highest BCUT2D eigenvalue weighted by atomic mass is 16.7. The van der Waals surface area contributed by atoms with Crippen molar-refractivity contribution >= 4 is 28.5 Å². The van der Waals surface area contributed by atoms with Gasteiger partial charge < -0.3 is 24.3 Å². The van der Waals surface area contributed by atoms with Gasteiger partial charge in [0.15, 0.2) is 12.2 Å². The number of carbonyl (C=O) groups is 2. The van der Waals surface area contributed by atoms with Gasteiger partial charge in [0.1, 0.15) is 18.0 Å². The Bertz CT molecular complexity index is 1680. The molecule has 0 aliphatic carbocycles. The lowest BCUT2D eigenvalue weighted by molar-refractivity contribution is -0.150. The fourth-order valence-electron chi connectivity index (χ4n) is 6.49. The van der Waals surface area contributed by atoms with E-state index in [-0.39, 0.29) is 36.8 Å². The second-order valence-corrected chi connectivity index (χ2v) is 11.6. The summed E-state index contributed by atoms with van der Waals surface area (Å²) in [7, 11) is 0. The van der Waals surface area contributed by atoms with Crippen LogP contribution in [0.2, 0.25) is 0 Å². The number of anilines is 1. The zero-order valence-corrected chi connectivity index (χ0v) is 24.6. The number of benzene rings is 3. The van der Waals surface area contributed by atoms with Gasteiger partial charge in [-0.05, 0) is 30.2 Å². The number of rotatable bonds is 8. The number of aromatic nitrogens is 1. The Balaban J connectivity index is 1.09. The van der Waals surface area contributed by atoms with Crippen molar-refractivity contribution in [1.82, 2.24) is 9.88 Å². The van der Waals surface area contributed by atoms with E-state index in [4.69, 9.17) is 23.9 Å². The zero-order valence-electron chi connectivity index (χ0n) is 24.6. The Morgan fingerprint density at radius 1 is 0.955 bits per heavy atom. The van der Waals surface area contributed by atoms with Gasteiger partial charge in [-0.25, -0.2) is 0 Å². The van der Waals surface area contributed by atoms with Crippen molar-refractivity contribution < 1.29 is 28.5 Å². The standard InChI is InChI=1S/C35H35N3O6/c1-22(39)43-30-20-41-34-31(21-42-33(30)34)44-25-11-7-10-24(18-25)36-35(40)32-26-12-5-6-13-28(26)37-29-15-17-38(19-27(29)32)16-14-23-8-3-2-4-9-23/h2-13,18,30-31,33-34H,14-17,19-21H2,1H3,(H,36,40). The number of carbonyl (C=O) groups excluding carboxylic acids is 2. The summed E-state index contributed by atoms with van der Waals surface area (Å²) >= 11 is 0. The van der Waals surface area contributed by atoms with Crippen LogP contribution in [0.1, 0.15) is 34.1 Å². The third-order valence-electron chi connectivity index (χ3n) is 8.57. The molecule has 0 saturated carbocycles. The van der Waals surface area contributed by atoms with Crippen molar-refractivity contribution in [3.63, 3.8) is 0 Å². The van der Waals surface area contributed by atoms with E-state index in [9.17, 15) is 9.59 Å². The lowest BCUT2D eigenvalue weighted by Crippen LogP contribution is -2.36. The van der Waals surface area contributed by atoms with E-state index >= 15 is 0 Å². The third kappa shape index (κ3) is 5.91. The molecule has 4 aromatic rings. The maximum Gasteiger partial charge on any atom is 0.303 e. The van der Waals surface area contributed by atoms with Crippen LogP contribution >= 0.6 is 0 Å². The van der Waals surface area contributed by atoms with E-state index in [2.05, 4.69) is 34.5 Å². The lowest BCUT2D eigenvalue weighted by atomic mass is 9.95. The molecule has 1 aromatic heterocycles. The molecule has 3 aromatic carbocycles. The lowest BCUT2D eigenvalue weighted by Gasteiger charge is -2.30. The predicted octanol–water partition coefficient (Wildman–Crippen LogP) is 4.56. The maximum atomic E-state index is 14.0. The van der Waals surface area contributed by atoms with Crippen LogP contribution in [-0.4, -0.2) is 72.5 Å². The van der Waals surface area contributed by atoms with Crippen LogP contribution in [0.3, 0.4) is 0 Å². The van der Waals surface area contributed by atoms with Crippen LogP contribution in [-0.2, 0) is 38.4 Å². The molecule has 1 amide bonds. The maximum absolute atomic E-state index is 14.0. The first kappa shape index (κ1) is 28.5. The quantitative estimate of drug-likeness (QED) is 0.297. The fourth-order valence-corrected chi connectivity index (χ4v) is 6.49. The van der Waals surface area contributed by atoms with Gasteiger partial charge in [-0.2, -0.15) is 0 Å². The zero-order chi connectivity index (χ0) is 30.0. The molecule has 9 nitrogen and oxygen atoms in total. The number of hydrogen-bond acceptors (Lipinski definition) is 8. The monoisotopic (exact) mass is 593 g/mol. The number of amides is 1. The van der Waals surface area contributed by atoms with Gasteiger partial charge in [0.2, 0.25) is 0 Å². The van der Waals surface area contributed by atoms with Crippen LogP contribution in [0, 0.1) is 0 Å². The second kappa shape index (κ2) is 12.4. The van der Waals surface area contributed by atoms with E-state index in [1.165, 1.54) is 12.5 Å². The first-order valence-corrected chi connectivity index (χ1v) is 15.2. The summed E-state index contributed by atoms with van der Waals surface area (Å²) in [6, 6.07) is 25.7. The van der Waals surface area contributed by atoms with Crippen molar-refractivity contribution in [2.24, 2.45) is 0 Å². The highest BCUT2D eigenvalue weighted by Gasteiger charge is 2.50. The minimum Gasteiger partial charge on any atom is -0.485 e. The second-order valence-electron chi connectivity index (χ2n) is 11.6. The number of nitrogens with one attached hydrogen (secondary N) is 1. The van der Waals surface area contributed by atoms with Crippen molar-refractivity contribution in [2.75, 3.05) is 31.6 Å². The average molecular weight is 594 g/mol. The summed E-state index contributed by atoms with van der Waals surface area (Å²) in [5.41, 5.74) is 5.40. The molecule has 4 heterocycles. The first-order chi connectivity index (χ1) is 21.5. The van der Waals surface area contributed by atoms with Gasteiger partial charge >= 0.3 is 5.97 Å². The largest absolute Gasteiger partial charge is 0.485 e. The highest BCUT2D eigenvalue weighted by molar-refractivity contribution is 6.13. The molecule has 3 aliphatic heterocycles. The molecular weight excluding hydrogens is 558 g/mol. The number of ether oxygens (including phenoxy) is 4. The van der Waals surface area contributed by atoms with Gasteiger partial charge in [0.25, 0.3) is 5.91 Å². The van der Waals surface area contributed by atoms with Crippen LogP contribution in [0.15, 0.2) is 78.9 Å². The Hall–Kier alpha value is -4.31. The number of hydrogen-bond donors (Lipinski definition) is 1. The summed E-state index contributed by atoms with van der Waals surface area (Å²) in [4.78, 5) is 32.8. The smallest absolute Gasteiger partial charge is 0.303 e. The molecule has 2 saturated heterocycles. The number of esters is 1. The summed E-state index contributed by atoms with van der Waals surface area (Å²) in [5.74, 6) is 0.0543. The number of pyridine rings is 1. The molecule has 0 radical (unpaired) electrons. The molecule has 3 aliphatic rings. The number of nitrogens with zero attached hydrogens (tertiary/aromatic N) is 2. The molecule has 1 N–H and O–H groups in total. The van der Waals surface area contributed by atoms with Crippen LogP contribution in [0.25, 0.3) is 10.9 Å². The fraction of sp³-hybridized carbons (Fsp3) is 0.343. The van der Waals surface area contributed by atoms with Gasteiger partial charge in [0, 0.05) is 61.4 Å². The average Bonchev–Trinajstić information content (AvgIpc) is 3.62. The minimum atomic E-state index is -0.438. The molecule has 226 valence electrons. The van der Waals surface area contributed by atoms with E-state index in [0.29, 0.717) is 30.2 Å². The van der Waals surface area contributed by atoms with Gasteiger partial charge in [0.05, 0.1) is 24.3 Å². The molecule has 4 atom stereocenters. The van der Waals surface area contributed by atoms with E-state index in [0.717, 1.165) is 48.1 Å². The summed E-state index contributed by atoms with van der Waals surface area (Å²) in [5, 5.41) is 3.97. The molecule has 4 unspecified atom stereocenters. The Labute approximate surface area is 256 Å². The molecule has 0 spiro atoms. The normalized spacial score (nSPS) is 22.8. The van der Waals surface area contributed by atoms with Crippen molar-refractivity contribution in [3.8, 4) is 5.75 Å². The first-order valence-electron chi connectivity index (χ1n) is 15.2. The SMILES string of the molecule is CC(=O)OC1COC2C(Oc3cccc(NC(=O)c4c5c(nc6ccccc46)CCN(CCc4ccccc4)C5)c3)COC12.